The molecule has 0 unspecified atom stereocenters. The molecule has 3 nitrogen and oxygen atoms in total. The summed E-state index contributed by atoms with van der Waals surface area (Å²) in [6.07, 6.45) is 3.99. The molecule has 1 N–H and O–H groups in total. The standard InChI is InChI=1S/C18H22N2O/c1-3-4-13-21-18-8-6-5-7-16(18)14-19-20-17-11-9-15(2)10-12-17/h5-12,14,20H,3-4,13H2,1-2H3. The van der Waals surface area contributed by atoms with Crippen LogP contribution in [0.1, 0.15) is 30.9 Å². The van der Waals surface area contributed by atoms with Crippen LogP contribution in [0.15, 0.2) is 53.6 Å². The normalized spacial score (nSPS) is 10.8. The maximum Gasteiger partial charge on any atom is 0.128 e. The number of para-hydroxylation sites is 1. The number of hydrogen-bond donors (Lipinski definition) is 1. The van der Waals surface area contributed by atoms with Crippen LogP contribution in [0.5, 0.6) is 5.75 Å². The predicted molar refractivity (Wildman–Crippen MR) is 89.2 cm³/mol. The Morgan fingerprint density at radius 1 is 1.10 bits per heavy atom. The fraction of sp³-hybridized carbons (Fsp3) is 0.278. The van der Waals surface area contributed by atoms with Gasteiger partial charge in [-0.25, -0.2) is 0 Å². The lowest BCUT2D eigenvalue weighted by Gasteiger charge is -2.08. The molecule has 0 saturated carbocycles. The van der Waals surface area contributed by atoms with Gasteiger partial charge in [0.15, 0.2) is 0 Å². The molecule has 2 aromatic carbocycles. The van der Waals surface area contributed by atoms with Gasteiger partial charge in [0.1, 0.15) is 5.75 Å². The first-order chi connectivity index (χ1) is 10.3. The number of ether oxygens (including phenoxy) is 1. The van der Waals surface area contributed by atoms with Crippen LogP contribution in [0.4, 0.5) is 5.69 Å². The summed E-state index contributed by atoms with van der Waals surface area (Å²) in [6.45, 7) is 4.96. The summed E-state index contributed by atoms with van der Waals surface area (Å²) < 4.78 is 5.78. The lowest BCUT2D eigenvalue weighted by Crippen LogP contribution is -2.00. The van der Waals surface area contributed by atoms with Crippen molar-refractivity contribution in [2.75, 3.05) is 12.0 Å². The van der Waals surface area contributed by atoms with Gasteiger partial charge in [-0.05, 0) is 37.6 Å². The zero-order valence-electron chi connectivity index (χ0n) is 12.7. The molecular formula is C18H22N2O. The molecule has 0 bridgehead atoms. The van der Waals surface area contributed by atoms with Crippen LogP contribution >= 0.6 is 0 Å². The summed E-state index contributed by atoms with van der Waals surface area (Å²) >= 11 is 0. The van der Waals surface area contributed by atoms with E-state index in [-0.39, 0.29) is 0 Å². The molecule has 0 spiro atoms. The van der Waals surface area contributed by atoms with Crippen LogP contribution in [0.3, 0.4) is 0 Å². The smallest absolute Gasteiger partial charge is 0.128 e. The number of rotatable bonds is 7. The Hall–Kier alpha value is -2.29. The highest BCUT2D eigenvalue weighted by molar-refractivity contribution is 5.83. The lowest BCUT2D eigenvalue weighted by atomic mass is 10.2. The molecule has 0 radical (unpaired) electrons. The minimum Gasteiger partial charge on any atom is -0.493 e. The van der Waals surface area contributed by atoms with Crippen LogP contribution in [0.25, 0.3) is 0 Å². The highest BCUT2D eigenvalue weighted by atomic mass is 16.5. The van der Waals surface area contributed by atoms with Crippen LogP contribution < -0.4 is 10.2 Å². The molecule has 0 aliphatic heterocycles. The summed E-state index contributed by atoms with van der Waals surface area (Å²) in [4.78, 5) is 0. The van der Waals surface area contributed by atoms with Crippen molar-refractivity contribution in [3.63, 3.8) is 0 Å². The van der Waals surface area contributed by atoms with Crippen LogP contribution in [-0.4, -0.2) is 12.8 Å². The second kappa shape index (κ2) is 8.10. The van der Waals surface area contributed by atoms with E-state index in [1.807, 2.05) is 36.4 Å². The van der Waals surface area contributed by atoms with Crippen molar-refractivity contribution in [2.45, 2.75) is 26.7 Å². The van der Waals surface area contributed by atoms with E-state index >= 15 is 0 Å². The summed E-state index contributed by atoms with van der Waals surface area (Å²) in [5, 5.41) is 4.28. The molecule has 0 aromatic heterocycles. The third kappa shape index (κ3) is 4.95. The SMILES string of the molecule is CCCCOc1ccccc1C=NNc1ccc(C)cc1. The molecule has 3 heteroatoms. The first-order valence-corrected chi connectivity index (χ1v) is 7.37. The molecule has 21 heavy (non-hydrogen) atoms. The maximum absolute atomic E-state index is 5.78. The number of anilines is 1. The molecule has 0 fully saturated rings. The second-order valence-corrected chi connectivity index (χ2v) is 4.98. The summed E-state index contributed by atoms with van der Waals surface area (Å²) in [6, 6.07) is 16.1. The van der Waals surface area contributed by atoms with Gasteiger partial charge in [-0.1, -0.05) is 43.2 Å². The molecule has 0 amide bonds. The zero-order chi connectivity index (χ0) is 14.9. The van der Waals surface area contributed by atoms with Crippen molar-refractivity contribution >= 4 is 11.9 Å². The van der Waals surface area contributed by atoms with Crippen molar-refractivity contribution in [3.05, 3.63) is 59.7 Å². The average molecular weight is 282 g/mol. The van der Waals surface area contributed by atoms with Gasteiger partial charge in [0, 0.05) is 5.56 Å². The maximum atomic E-state index is 5.78. The van der Waals surface area contributed by atoms with Gasteiger partial charge < -0.3 is 4.74 Å². The van der Waals surface area contributed by atoms with Crippen LogP contribution in [0.2, 0.25) is 0 Å². The fourth-order valence-corrected chi connectivity index (χ4v) is 1.85. The van der Waals surface area contributed by atoms with Gasteiger partial charge in [0.05, 0.1) is 18.5 Å². The Balaban J connectivity index is 1.98. The van der Waals surface area contributed by atoms with Gasteiger partial charge >= 0.3 is 0 Å². The van der Waals surface area contributed by atoms with E-state index in [1.54, 1.807) is 6.21 Å². The summed E-state index contributed by atoms with van der Waals surface area (Å²) in [5.74, 6) is 0.875. The Labute approximate surface area is 126 Å². The van der Waals surface area contributed by atoms with Crippen LogP contribution in [-0.2, 0) is 0 Å². The molecule has 110 valence electrons. The van der Waals surface area contributed by atoms with Crippen molar-refractivity contribution in [1.29, 1.82) is 0 Å². The number of aryl methyl sites for hydroxylation is 1. The fourth-order valence-electron chi connectivity index (χ4n) is 1.85. The molecule has 0 saturated heterocycles. The molecule has 0 atom stereocenters. The second-order valence-electron chi connectivity index (χ2n) is 4.98. The Kier molecular flexibility index (Phi) is 5.83. The molecule has 0 aliphatic carbocycles. The largest absolute Gasteiger partial charge is 0.493 e. The monoisotopic (exact) mass is 282 g/mol. The number of benzene rings is 2. The summed E-state index contributed by atoms with van der Waals surface area (Å²) in [7, 11) is 0. The van der Waals surface area contributed by atoms with Gasteiger partial charge in [-0.15, -0.1) is 0 Å². The summed E-state index contributed by atoms with van der Waals surface area (Å²) in [5.41, 5.74) is 6.22. The molecule has 0 heterocycles. The number of hydrogen-bond acceptors (Lipinski definition) is 3. The number of unbranched alkanes of at least 4 members (excludes halogenated alkanes) is 1. The van der Waals surface area contributed by atoms with Crippen molar-refractivity contribution in [2.24, 2.45) is 5.10 Å². The minimum absolute atomic E-state index is 0.743. The Morgan fingerprint density at radius 3 is 2.62 bits per heavy atom. The van der Waals surface area contributed by atoms with E-state index in [2.05, 4.69) is 36.5 Å². The Bertz CT molecular complexity index is 576. The number of nitrogens with zero attached hydrogens (tertiary/aromatic N) is 1. The van der Waals surface area contributed by atoms with Gasteiger partial charge in [0.2, 0.25) is 0 Å². The number of hydrazone groups is 1. The third-order valence-corrected chi connectivity index (χ3v) is 3.12. The van der Waals surface area contributed by atoms with Crippen molar-refractivity contribution < 1.29 is 4.74 Å². The third-order valence-electron chi connectivity index (χ3n) is 3.12. The van der Waals surface area contributed by atoms with E-state index in [0.717, 1.165) is 36.4 Å². The molecule has 0 aliphatic rings. The highest BCUT2D eigenvalue weighted by Crippen LogP contribution is 2.16. The van der Waals surface area contributed by atoms with E-state index in [9.17, 15) is 0 Å². The van der Waals surface area contributed by atoms with Crippen molar-refractivity contribution in [3.8, 4) is 5.75 Å². The Morgan fingerprint density at radius 2 is 1.86 bits per heavy atom. The average Bonchev–Trinajstić information content (AvgIpc) is 2.51. The molecule has 2 rings (SSSR count). The van der Waals surface area contributed by atoms with Gasteiger partial charge in [-0.2, -0.15) is 5.10 Å². The number of nitrogens with one attached hydrogen (secondary N) is 1. The topological polar surface area (TPSA) is 33.6 Å². The van der Waals surface area contributed by atoms with Crippen LogP contribution in [0, 0.1) is 6.92 Å². The first kappa shape index (κ1) is 15.1. The quantitative estimate of drug-likeness (QED) is 0.456. The first-order valence-electron chi connectivity index (χ1n) is 7.37. The highest BCUT2D eigenvalue weighted by Gasteiger charge is 1.99. The zero-order valence-corrected chi connectivity index (χ0v) is 12.7. The molecular weight excluding hydrogens is 260 g/mol. The lowest BCUT2D eigenvalue weighted by molar-refractivity contribution is 0.309. The van der Waals surface area contributed by atoms with E-state index < -0.39 is 0 Å². The van der Waals surface area contributed by atoms with E-state index in [0.29, 0.717) is 0 Å². The van der Waals surface area contributed by atoms with Crippen molar-refractivity contribution in [1.82, 2.24) is 0 Å². The van der Waals surface area contributed by atoms with E-state index in [4.69, 9.17) is 4.74 Å². The predicted octanol–water partition coefficient (Wildman–Crippen LogP) is 4.62. The minimum atomic E-state index is 0.743. The molecule has 2 aromatic rings. The van der Waals surface area contributed by atoms with E-state index in [1.165, 1.54) is 5.56 Å². The van der Waals surface area contributed by atoms with Gasteiger partial charge in [0.25, 0.3) is 0 Å². The van der Waals surface area contributed by atoms with Gasteiger partial charge in [-0.3, -0.25) is 5.43 Å².